The molecule has 1 aromatic carbocycles. The number of sulfonamides is 1. The molecular weight excluding hydrogens is 405 g/mol. The Morgan fingerprint density at radius 3 is 2.48 bits per heavy atom. The van der Waals surface area contributed by atoms with Crippen LogP contribution in [0.4, 0.5) is 0 Å². The monoisotopic (exact) mass is 429 g/mol. The van der Waals surface area contributed by atoms with Crippen LogP contribution in [-0.4, -0.2) is 35.4 Å². The van der Waals surface area contributed by atoms with Gasteiger partial charge in [-0.15, -0.1) is 0 Å². The largest absolute Gasteiger partial charge is 0.334 e. The van der Waals surface area contributed by atoms with Crippen molar-refractivity contribution in [1.82, 2.24) is 13.9 Å². The maximum atomic E-state index is 13.0. The molecule has 0 amide bonds. The van der Waals surface area contributed by atoms with Crippen LogP contribution in [0.3, 0.4) is 0 Å². The Kier molecular flexibility index (Phi) is 6.21. The fraction of sp³-hybridized carbons (Fsp3) is 0.526. The van der Waals surface area contributed by atoms with Crippen LogP contribution in [-0.2, 0) is 16.6 Å². The van der Waals surface area contributed by atoms with Crippen LogP contribution in [0.15, 0.2) is 29.4 Å². The zero-order chi connectivity index (χ0) is 19.8. The van der Waals surface area contributed by atoms with E-state index in [9.17, 15) is 8.42 Å². The molecule has 0 radical (unpaired) electrons. The number of rotatable bonds is 5. The van der Waals surface area contributed by atoms with Gasteiger partial charge in [-0.25, -0.2) is 13.4 Å². The van der Waals surface area contributed by atoms with E-state index in [-0.39, 0.29) is 9.92 Å². The van der Waals surface area contributed by atoms with Crippen molar-refractivity contribution in [3.63, 3.8) is 0 Å². The van der Waals surface area contributed by atoms with E-state index in [2.05, 4.69) is 23.4 Å². The van der Waals surface area contributed by atoms with E-state index in [0.717, 1.165) is 25.2 Å². The average molecular weight is 430 g/mol. The van der Waals surface area contributed by atoms with Gasteiger partial charge < -0.3 is 4.57 Å². The SMILES string of the molecule is Cc1cc(S(=O)(=O)N2CCC(Cn3ccnc3C(C)C)CC2)c(Cl)cc1Cl. The average Bonchev–Trinajstić information content (AvgIpc) is 3.07. The van der Waals surface area contributed by atoms with Gasteiger partial charge in [-0.1, -0.05) is 37.0 Å². The summed E-state index contributed by atoms with van der Waals surface area (Å²) in [6.07, 6.45) is 5.48. The smallest absolute Gasteiger partial charge is 0.244 e. The predicted octanol–water partition coefficient (Wildman–Crippen LogP) is 4.72. The topological polar surface area (TPSA) is 55.2 Å². The number of nitrogens with zero attached hydrogens (tertiary/aromatic N) is 3. The Balaban J connectivity index is 1.70. The minimum atomic E-state index is -3.62. The summed E-state index contributed by atoms with van der Waals surface area (Å²) in [5.41, 5.74) is 0.704. The number of aryl methyl sites for hydroxylation is 1. The standard InChI is InChI=1S/C19H25Cl2N3O2S/c1-13(2)19-22-6-9-23(19)12-15-4-7-24(8-5-15)27(25,26)18-10-14(3)16(20)11-17(18)21/h6,9-11,13,15H,4-5,7-8,12H2,1-3H3. The van der Waals surface area contributed by atoms with Crippen molar-refractivity contribution in [2.45, 2.75) is 51.0 Å². The number of hydrogen-bond acceptors (Lipinski definition) is 3. The van der Waals surface area contributed by atoms with E-state index in [1.165, 1.54) is 10.4 Å². The van der Waals surface area contributed by atoms with E-state index < -0.39 is 10.0 Å². The van der Waals surface area contributed by atoms with Gasteiger partial charge in [-0.2, -0.15) is 4.31 Å². The maximum Gasteiger partial charge on any atom is 0.244 e. The Morgan fingerprint density at radius 2 is 1.85 bits per heavy atom. The molecule has 2 aromatic rings. The molecule has 0 spiro atoms. The molecule has 3 rings (SSSR count). The first-order valence-electron chi connectivity index (χ1n) is 9.17. The number of imidazole rings is 1. The third-order valence-electron chi connectivity index (χ3n) is 5.12. The van der Waals surface area contributed by atoms with Crippen molar-refractivity contribution in [1.29, 1.82) is 0 Å². The van der Waals surface area contributed by atoms with E-state index in [0.29, 0.717) is 35.5 Å². The molecule has 0 bridgehead atoms. The van der Waals surface area contributed by atoms with Crippen molar-refractivity contribution in [3.8, 4) is 0 Å². The molecule has 0 N–H and O–H groups in total. The Bertz CT molecular complexity index is 917. The van der Waals surface area contributed by atoms with Gasteiger partial charge >= 0.3 is 0 Å². The normalized spacial score (nSPS) is 17.0. The molecule has 8 heteroatoms. The van der Waals surface area contributed by atoms with Gasteiger partial charge in [-0.05, 0) is 43.4 Å². The predicted molar refractivity (Wildman–Crippen MR) is 109 cm³/mol. The first kappa shape index (κ1) is 20.6. The lowest BCUT2D eigenvalue weighted by Crippen LogP contribution is -2.39. The highest BCUT2D eigenvalue weighted by atomic mass is 35.5. The summed E-state index contributed by atoms with van der Waals surface area (Å²) in [6, 6.07) is 3.07. The summed E-state index contributed by atoms with van der Waals surface area (Å²) in [7, 11) is -3.62. The number of benzene rings is 1. The van der Waals surface area contributed by atoms with Crippen molar-refractivity contribution in [2.75, 3.05) is 13.1 Å². The third kappa shape index (κ3) is 4.34. The fourth-order valence-corrected chi connectivity index (χ4v) is 5.83. The second-order valence-electron chi connectivity index (χ2n) is 7.47. The van der Waals surface area contributed by atoms with Crippen molar-refractivity contribution >= 4 is 33.2 Å². The lowest BCUT2D eigenvalue weighted by atomic mass is 9.98. The van der Waals surface area contributed by atoms with Gasteiger partial charge in [0.1, 0.15) is 10.7 Å². The van der Waals surface area contributed by atoms with Crippen molar-refractivity contribution < 1.29 is 8.42 Å². The lowest BCUT2D eigenvalue weighted by molar-refractivity contribution is 0.251. The van der Waals surface area contributed by atoms with Gasteiger partial charge in [0, 0.05) is 43.0 Å². The summed E-state index contributed by atoms with van der Waals surface area (Å²) in [5.74, 6) is 1.88. The molecule has 5 nitrogen and oxygen atoms in total. The fourth-order valence-electron chi connectivity index (χ4n) is 3.55. The van der Waals surface area contributed by atoms with Crippen LogP contribution in [0.2, 0.25) is 10.0 Å². The molecule has 1 aromatic heterocycles. The summed E-state index contributed by atoms with van der Waals surface area (Å²) < 4.78 is 29.8. The van der Waals surface area contributed by atoms with Gasteiger partial charge in [0.25, 0.3) is 0 Å². The molecule has 0 atom stereocenters. The van der Waals surface area contributed by atoms with Gasteiger partial charge in [0.2, 0.25) is 10.0 Å². The van der Waals surface area contributed by atoms with E-state index >= 15 is 0 Å². The number of aromatic nitrogens is 2. The highest BCUT2D eigenvalue weighted by molar-refractivity contribution is 7.89. The molecule has 1 aliphatic heterocycles. The molecule has 2 heterocycles. The molecular formula is C19H25Cl2N3O2S. The van der Waals surface area contributed by atoms with Crippen molar-refractivity contribution in [3.05, 3.63) is 46.0 Å². The Labute approximate surface area is 171 Å². The zero-order valence-electron chi connectivity index (χ0n) is 15.8. The highest BCUT2D eigenvalue weighted by Crippen LogP contribution is 2.32. The van der Waals surface area contributed by atoms with Gasteiger partial charge in [0.15, 0.2) is 0 Å². The molecule has 1 saturated heterocycles. The summed E-state index contributed by atoms with van der Waals surface area (Å²) in [6.45, 7) is 7.91. The molecule has 148 valence electrons. The van der Waals surface area contributed by atoms with E-state index in [1.54, 1.807) is 13.0 Å². The third-order valence-corrected chi connectivity index (χ3v) is 7.89. The van der Waals surface area contributed by atoms with Crippen LogP contribution < -0.4 is 0 Å². The number of piperidine rings is 1. The summed E-state index contributed by atoms with van der Waals surface area (Å²) in [4.78, 5) is 4.57. The van der Waals surface area contributed by atoms with Crippen LogP contribution in [0, 0.1) is 12.8 Å². The molecule has 1 aliphatic rings. The molecule has 1 fully saturated rings. The second-order valence-corrected chi connectivity index (χ2v) is 10.2. The molecule has 0 unspecified atom stereocenters. The van der Waals surface area contributed by atoms with Crippen LogP contribution in [0.5, 0.6) is 0 Å². The minimum Gasteiger partial charge on any atom is -0.334 e. The molecule has 27 heavy (non-hydrogen) atoms. The second kappa shape index (κ2) is 8.11. The Morgan fingerprint density at radius 1 is 1.19 bits per heavy atom. The first-order valence-corrected chi connectivity index (χ1v) is 11.4. The number of hydrogen-bond donors (Lipinski definition) is 0. The Hall–Kier alpha value is -1.08. The summed E-state index contributed by atoms with van der Waals surface area (Å²) >= 11 is 12.2. The number of halogens is 2. The summed E-state index contributed by atoms with van der Waals surface area (Å²) in [5, 5.41) is 0.645. The van der Waals surface area contributed by atoms with Crippen LogP contribution in [0.25, 0.3) is 0 Å². The van der Waals surface area contributed by atoms with Crippen LogP contribution >= 0.6 is 23.2 Å². The lowest BCUT2D eigenvalue weighted by Gasteiger charge is -2.32. The zero-order valence-corrected chi connectivity index (χ0v) is 18.2. The molecule has 0 saturated carbocycles. The van der Waals surface area contributed by atoms with Gasteiger partial charge in [-0.3, -0.25) is 0 Å². The van der Waals surface area contributed by atoms with E-state index in [4.69, 9.17) is 23.2 Å². The van der Waals surface area contributed by atoms with Crippen molar-refractivity contribution in [2.24, 2.45) is 5.92 Å². The van der Waals surface area contributed by atoms with Crippen LogP contribution in [0.1, 0.15) is 44.0 Å². The quantitative estimate of drug-likeness (QED) is 0.690. The van der Waals surface area contributed by atoms with Gasteiger partial charge in [0.05, 0.1) is 5.02 Å². The van der Waals surface area contributed by atoms with E-state index in [1.807, 2.05) is 12.4 Å². The maximum absolute atomic E-state index is 13.0. The minimum absolute atomic E-state index is 0.140. The molecule has 0 aliphatic carbocycles. The highest BCUT2D eigenvalue weighted by Gasteiger charge is 2.31. The first-order chi connectivity index (χ1) is 12.7.